The number of nitrogens with one attached hydrogen (secondary N) is 1. The van der Waals surface area contributed by atoms with E-state index in [1.165, 1.54) is 24.3 Å². The smallest absolute Gasteiger partial charge is 0.263 e. The third kappa shape index (κ3) is 3.02. The maximum atomic E-state index is 13.6. The first-order valence-corrected chi connectivity index (χ1v) is 7.36. The summed E-state index contributed by atoms with van der Waals surface area (Å²) < 4.78 is 40.1. The van der Waals surface area contributed by atoms with Crippen molar-refractivity contribution in [1.29, 1.82) is 0 Å². The molecule has 2 rings (SSSR count). The Bertz CT molecular complexity index is 684. The molecule has 1 aromatic carbocycles. The van der Waals surface area contributed by atoms with Crippen molar-refractivity contribution < 1.29 is 12.8 Å². The van der Waals surface area contributed by atoms with Crippen LogP contribution in [0.3, 0.4) is 0 Å². The number of pyridine rings is 1. The van der Waals surface area contributed by atoms with Crippen LogP contribution < -0.4 is 10.5 Å². The standard InChI is InChI=1S/C11H9BrFN3O2S/c12-8-2-1-3-9(13)11(8)16-19(17,18)7-4-5-10(14)15-6-7/h1-6,16H,(H2,14,15). The van der Waals surface area contributed by atoms with Crippen LogP contribution in [0.1, 0.15) is 0 Å². The van der Waals surface area contributed by atoms with Gasteiger partial charge in [0.1, 0.15) is 16.5 Å². The fraction of sp³-hybridized carbons (Fsp3) is 0. The molecule has 100 valence electrons. The Balaban J connectivity index is 2.39. The number of sulfonamides is 1. The highest BCUT2D eigenvalue weighted by Gasteiger charge is 2.18. The lowest BCUT2D eigenvalue weighted by atomic mass is 10.3. The van der Waals surface area contributed by atoms with Gasteiger partial charge in [0, 0.05) is 10.7 Å². The predicted octanol–water partition coefficient (Wildman–Crippen LogP) is 2.37. The molecule has 0 spiro atoms. The van der Waals surface area contributed by atoms with E-state index in [9.17, 15) is 12.8 Å². The Morgan fingerprint density at radius 1 is 1.26 bits per heavy atom. The van der Waals surface area contributed by atoms with Crippen LogP contribution in [0.15, 0.2) is 45.9 Å². The molecule has 0 amide bonds. The zero-order chi connectivity index (χ0) is 14.0. The molecule has 5 nitrogen and oxygen atoms in total. The molecular formula is C11H9BrFN3O2S. The number of para-hydroxylation sites is 1. The summed E-state index contributed by atoms with van der Waals surface area (Å²) in [6.07, 6.45) is 1.10. The molecule has 0 saturated carbocycles. The molecule has 3 N–H and O–H groups in total. The molecule has 0 aliphatic rings. The van der Waals surface area contributed by atoms with Gasteiger partial charge in [-0.05, 0) is 40.2 Å². The molecule has 0 saturated heterocycles. The number of hydrogen-bond donors (Lipinski definition) is 2. The van der Waals surface area contributed by atoms with Crippen molar-refractivity contribution >= 4 is 37.5 Å². The first-order chi connectivity index (χ1) is 8.90. The van der Waals surface area contributed by atoms with Crippen LogP contribution in [0.25, 0.3) is 0 Å². The monoisotopic (exact) mass is 345 g/mol. The Kier molecular flexibility index (Phi) is 3.72. The molecule has 0 unspecified atom stereocenters. The van der Waals surface area contributed by atoms with E-state index in [0.29, 0.717) is 4.47 Å². The van der Waals surface area contributed by atoms with Gasteiger partial charge in [-0.3, -0.25) is 4.72 Å². The number of hydrogen-bond acceptors (Lipinski definition) is 4. The van der Waals surface area contributed by atoms with Crippen LogP contribution in [0.5, 0.6) is 0 Å². The fourth-order valence-corrected chi connectivity index (χ4v) is 2.94. The van der Waals surface area contributed by atoms with Gasteiger partial charge in [-0.25, -0.2) is 17.8 Å². The van der Waals surface area contributed by atoms with Gasteiger partial charge < -0.3 is 5.73 Å². The zero-order valence-electron chi connectivity index (χ0n) is 9.47. The predicted molar refractivity (Wildman–Crippen MR) is 73.6 cm³/mol. The Morgan fingerprint density at radius 2 is 2.00 bits per heavy atom. The van der Waals surface area contributed by atoms with E-state index in [4.69, 9.17) is 5.73 Å². The normalized spacial score (nSPS) is 11.3. The van der Waals surface area contributed by atoms with Crippen molar-refractivity contribution in [3.63, 3.8) is 0 Å². The van der Waals surface area contributed by atoms with Crippen molar-refractivity contribution in [3.8, 4) is 0 Å². The summed E-state index contributed by atoms with van der Waals surface area (Å²) in [6, 6.07) is 6.79. The lowest BCUT2D eigenvalue weighted by Gasteiger charge is -2.10. The fourth-order valence-electron chi connectivity index (χ4n) is 1.34. The summed E-state index contributed by atoms with van der Waals surface area (Å²) >= 11 is 3.08. The molecule has 0 aliphatic heterocycles. The van der Waals surface area contributed by atoms with Crippen molar-refractivity contribution in [2.24, 2.45) is 0 Å². The summed E-state index contributed by atoms with van der Waals surface area (Å²) in [5.41, 5.74) is 5.22. The van der Waals surface area contributed by atoms with E-state index >= 15 is 0 Å². The number of benzene rings is 1. The topological polar surface area (TPSA) is 85.1 Å². The van der Waals surface area contributed by atoms with E-state index in [-0.39, 0.29) is 16.4 Å². The van der Waals surface area contributed by atoms with Crippen LogP contribution in [0, 0.1) is 5.82 Å². The number of aromatic nitrogens is 1. The molecule has 19 heavy (non-hydrogen) atoms. The summed E-state index contributed by atoms with van der Waals surface area (Å²) in [4.78, 5) is 3.58. The maximum Gasteiger partial charge on any atom is 0.263 e. The van der Waals surface area contributed by atoms with Crippen LogP contribution in [-0.4, -0.2) is 13.4 Å². The second-order valence-corrected chi connectivity index (χ2v) is 6.16. The van der Waals surface area contributed by atoms with Crippen molar-refractivity contribution in [3.05, 3.63) is 46.8 Å². The molecule has 0 radical (unpaired) electrons. The summed E-state index contributed by atoms with van der Waals surface area (Å²) in [7, 11) is -3.91. The van der Waals surface area contributed by atoms with E-state index in [0.717, 1.165) is 12.3 Å². The van der Waals surface area contributed by atoms with Crippen LogP contribution >= 0.6 is 15.9 Å². The third-order valence-corrected chi connectivity index (χ3v) is 4.26. The van der Waals surface area contributed by atoms with Gasteiger partial charge >= 0.3 is 0 Å². The molecule has 1 aromatic heterocycles. The highest BCUT2D eigenvalue weighted by Crippen LogP contribution is 2.27. The Hall–Kier alpha value is -1.67. The van der Waals surface area contributed by atoms with Crippen LogP contribution in [0.4, 0.5) is 15.9 Å². The average molecular weight is 346 g/mol. The lowest BCUT2D eigenvalue weighted by Crippen LogP contribution is -2.14. The number of nitrogens with zero attached hydrogens (tertiary/aromatic N) is 1. The zero-order valence-corrected chi connectivity index (χ0v) is 11.9. The van der Waals surface area contributed by atoms with Gasteiger partial charge in [-0.1, -0.05) is 6.07 Å². The molecule has 1 heterocycles. The molecule has 0 fully saturated rings. The lowest BCUT2D eigenvalue weighted by molar-refractivity contribution is 0.598. The minimum atomic E-state index is -3.91. The number of nitrogen functional groups attached to an aromatic ring is 1. The Labute approximate surface area is 117 Å². The first-order valence-electron chi connectivity index (χ1n) is 5.08. The number of rotatable bonds is 3. The van der Waals surface area contributed by atoms with E-state index in [1.807, 2.05) is 0 Å². The molecule has 2 aromatic rings. The van der Waals surface area contributed by atoms with Gasteiger partial charge in [-0.15, -0.1) is 0 Å². The molecule has 8 heteroatoms. The summed E-state index contributed by atoms with van der Waals surface area (Å²) in [6.45, 7) is 0. The van der Waals surface area contributed by atoms with Crippen LogP contribution in [0.2, 0.25) is 0 Å². The first kappa shape index (κ1) is 13.8. The second-order valence-electron chi connectivity index (χ2n) is 3.62. The Morgan fingerprint density at radius 3 is 2.58 bits per heavy atom. The molecule has 0 aliphatic carbocycles. The molecule has 0 atom stereocenters. The SMILES string of the molecule is Nc1ccc(S(=O)(=O)Nc2c(F)cccc2Br)cn1. The maximum absolute atomic E-state index is 13.6. The van der Waals surface area contributed by atoms with Crippen LogP contribution in [-0.2, 0) is 10.0 Å². The molecular weight excluding hydrogens is 337 g/mol. The number of anilines is 2. The highest BCUT2D eigenvalue weighted by molar-refractivity contribution is 9.10. The van der Waals surface area contributed by atoms with Crippen molar-refractivity contribution in [2.45, 2.75) is 4.90 Å². The second kappa shape index (κ2) is 5.14. The minimum absolute atomic E-state index is 0.100. The third-order valence-electron chi connectivity index (χ3n) is 2.27. The average Bonchev–Trinajstić information content (AvgIpc) is 2.35. The summed E-state index contributed by atoms with van der Waals surface area (Å²) in [5.74, 6) is -0.479. The van der Waals surface area contributed by atoms with Crippen molar-refractivity contribution in [2.75, 3.05) is 10.5 Å². The van der Waals surface area contributed by atoms with E-state index in [2.05, 4.69) is 25.6 Å². The van der Waals surface area contributed by atoms with Gasteiger partial charge in [0.15, 0.2) is 0 Å². The molecule has 0 bridgehead atoms. The largest absolute Gasteiger partial charge is 0.384 e. The van der Waals surface area contributed by atoms with E-state index < -0.39 is 15.8 Å². The highest BCUT2D eigenvalue weighted by atomic mass is 79.9. The van der Waals surface area contributed by atoms with Gasteiger partial charge in [0.2, 0.25) is 0 Å². The number of halogens is 2. The minimum Gasteiger partial charge on any atom is -0.384 e. The van der Waals surface area contributed by atoms with Gasteiger partial charge in [0.05, 0.1) is 5.69 Å². The van der Waals surface area contributed by atoms with Gasteiger partial charge in [-0.2, -0.15) is 0 Å². The summed E-state index contributed by atoms with van der Waals surface area (Å²) in [5, 5.41) is 0. The van der Waals surface area contributed by atoms with Crippen molar-refractivity contribution in [1.82, 2.24) is 4.98 Å². The van der Waals surface area contributed by atoms with Gasteiger partial charge in [0.25, 0.3) is 10.0 Å². The number of nitrogens with two attached hydrogens (primary N) is 1. The quantitative estimate of drug-likeness (QED) is 0.894. The van der Waals surface area contributed by atoms with E-state index in [1.54, 1.807) is 0 Å².